The van der Waals surface area contributed by atoms with Crippen LogP contribution in [0.2, 0.25) is 0 Å². The lowest BCUT2D eigenvalue weighted by atomic mass is 10.1. The minimum Gasteiger partial charge on any atom is -0.493 e. The highest BCUT2D eigenvalue weighted by Crippen LogP contribution is 2.31. The number of nitrogens with one attached hydrogen (secondary N) is 1. The van der Waals surface area contributed by atoms with E-state index in [0.29, 0.717) is 12.1 Å². The zero-order chi connectivity index (χ0) is 14.9. The van der Waals surface area contributed by atoms with Crippen molar-refractivity contribution in [2.75, 3.05) is 19.7 Å². The van der Waals surface area contributed by atoms with E-state index in [1.807, 2.05) is 24.3 Å². The number of ether oxygens (including phenoxy) is 1. The van der Waals surface area contributed by atoms with Gasteiger partial charge in [-0.1, -0.05) is 0 Å². The molecule has 1 aliphatic carbocycles. The Labute approximate surface area is 144 Å². The molecule has 1 aromatic carbocycles. The number of carbonyl (C=O) groups excluding carboxylic acids is 1. The topological polar surface area (TPSA) is 41.6 Å². The lowest BCUT2D eigenvalue weighted by Crippen LogP contribution is -2.42. The van der Waals surface area contributed by atoms with Gasteiger partial charge >= 0.3 is 0 Å². The van der Waals surface area contributed by atoms with Gasteiger partial charge in [0.1, 0.15) is 5.75 Å². The quantitative estimate of drug-likeness (QED) is 0.919. The average Bonchev–Trinajstić information content (AvgIpc) is 3.29. The number of nitrogens with zero attached hydrogens (tertiary/aromatic N) is 1. The van der Waals surface area contributed by atoms with E-state index < -0.39 is 0 Å². The van der Waals surface area contributed by atoms with Crippen molar-refractivity contribution in [1.82, 2.24) is 10.2 Å². The minimum atomic E-state index is 0. The Kier molecular flexibility index (Phi) is 5.12. The lowest BCUT2D eigenvalue weighted by Gasteiger charge is -2.28. The molecule has 0 aromatic heterocycles. The van der Waals surface area contributed by atoms with E-state index in [1.54, 1.807) is 0 Å². The summed E-state index contributed by atoms with van der Waals surface area (Å²) in [5, 5.41) is 3.44. The predicted molar refractivity (Wildman–Crippen MR) is 92.4 cm³/mol. The zero-order valence-corrected chi connectivity index (χ0v) is 14.2. The van der Waals surface area contributed by atoms with Crippen LogP contribution in [-0.4, -0.2) is 42.6 Å². The molecular weight excluding hydrogens is 312 g/mol. The molecule has 2 atom stereocenters. The van der Waals surface area contributed by atoms with Crippen LogP contribution in [0, 0.1) is 5.92 Å². The van der Waals surface area contributed by atoms with Crippen molar-refractivity contribution in [2.24, 2.45) is 5.92 Å². The third-order valence-electron chi connectivity index (χ3n) is 5.17. The monoisotopic (exact) mass is 336 g/mol. The highest BCUT2D eigenvalue weighted by atomic mass is 35.5. The molecule has 0 radical (unpaired) electrons. The third kappa shape index (κ3) is 3.64. The van der Waals surface area contributed by atoms with Crippen LogP contribution in [0.4, 0.5) is 0 Å². The van der Waals surface area contributed by atoms with Crippen LogP contribution in [0.3, 0.4) is 0 Å². The van der Waals surface area contributed by atoms with E-state index in [4.69, 9.17) is 4.74 Å². The van der Waals surface area contributed by atoms with Gasteiger partial charge in [0.25, 0.3) is 5.91 Å². The normalized spacial score (nSPS) is 26.3. The molecular formula is C18H25ClN2O2. The first-order valence-corrected chi connectivity index (χ1v) is 8.57. The minimum absolute atomic E-state index is 0. The number of halogens is 1. The van der Waals surface area contributed by atoms with Crippen LogP contribution in [0.5, 0.6) is 5.75 Å². The van der Waals surface area contributed by atoms with Gasteiger partial charge in [0.15, 0.2) is 0 Å². The summed E-state index contributed by atoms with van der Waals surface area (Å²) in [5.74, 6) is 1.82. The SMILES string of the molecule is Cl.O=C(c1ccc(OCC2CC2)cc1)N1C2CCNCC1CC2. The summed E-state index contributed by atoms with van der Waals surface area (Å²) in [6.45, 7) is 2.78. The number of carbonyl (C=O) groups is 1. The summed E-state index contributed by atoms with van der Waals surface area (Å²) in [7, 11) is 0. The first kappa shape index (κ1) is 16.6. The molecule has 126 valence electrons. The van der Waals surface area contributed by atoms with Gasteiger partial charge in [-0.3, -0.25) is 4.79 Å². The molecule has 23 heavy (non-hydrogen) atoms. The fraction of sp³-hybridized carbons (Fsp3) is 0.611. The second-order valence-corrected chi connectivity index (χ2v) is 6.87. The molecule has 3 aliphatic rings. The Morgan fingerprint density at radius 3 is 2.57 bits per heavy atom. The molecule has 2 bridgehead atoms. The van der Waals surface area contributed by atoms with Gasteiger partial charge in [-0.2, -0.15) is 0 Å². The first-order valence-electron chi connectivity index (χ1n) is 8.57. The van der Waals surface area contributed by atoms with Crippen molar-refractivity contribution in [1.29, 1.82) is 0 Å². The van der Waals surface area contributed by atoms with Crippen molar-refractivity contribution >= 4 is 18.3 Å². The van der Waals surface area contributed by atoms with E-state index in [-0.39, 0.29) is 18.3 Å². The number of amides is 1. The molecule has 2 aliphatic heterocycles. The van der Waals surface area contributed by atoms with E-state index in [0.717, 1.165) is 56.2 Å². The van der Waals surface area contributed by atoms with E-state index >= 15 is 0 Å². The molecule has 5 heteroatoms. The maximum absolute atomic E-state index is 12.9. The van der Waals surface area contributed by atoms with E-state index in [1.165, 1.54) is 12.8 Å². The van der Waals surface area contributed by atoms with Gasteiger partial charge in [-0.25, -0.2) is 0 Å². The summed E-state index contributed by atoms with van der Waals surface area (Å²) in [4.78, 5) is 15.0. The van der Waals surface area contributed by atoms with Crippen LogP contribution in [-0.2, 0) is 0 Å². The first-order chi connectivity index (χ1) is 10.8. The molecule has 2 saturated heterocycles. The van der Waals surface area contributed by atoms with Gasteiger partial charge in [-0.15, -0.1) is 12.4 Å². The average molecular weight is 337 g/mol. The second-order valence-electron chi connectivity index (χ2n) is 6.87. The number of hydrogen-bond donors (Lipinski definition) is 1. The van der Waals surface area contributed by atoms with Gasteiger partial charge < -0.3 is 15.0 Å². The lowest BCUT2D eigenvalue weighted by molar-refractivity contribution is 0.0680. The Balaban J connectivity index is 0.00000156. The molecule has 1 saturated carbocycles. The summed E-state index contributed by atoms with van der Waals surface area (Å²) >= 11 is 0. The van der Waals surface area contributed by atoms with Crippen LogP contribution in [0.1, 0.15) is 42.5 Å². The maximum atomic E-state index is 12.9. The Bertz CT molecular complexity index is 530. The summed E-state index contributed by atoms with van der Waals surface area (Å²) in [6, 6.07) is 8.50. The fourth-order valence-corrected chi connectivity index (χ4v) is 3.66. The summed E-state index contributed by atoms with van der Waals surface area (Å²) in [6.07, 6.45) is 5.95. The predicted octanol–water partition coefficient (Wildman–Crippen LogP) is 2.86. The standard InChI is InChI=1S/C18H24N2O2.ClH/c21-18(20-15-5-6-16(20)11-19-10-9-15)14-3-7-17(8-4-14)22-12-13-1-2-13;/h3-4,7-8,13,15-16,19H,1-2,5-6,9-12H2;1H. The molecule has 4 nitrogen and oxygen atoms in total. The number of benzene rings is 1. The highest BCUT2D eigenvalue weighted by molar-refractivity contribution is 5.95. The maximum Gasteiger partial charge on any atom is 0.254 e. The molecule has 2 heterocycles. The Morgan fingerprint density at radius 1 is 1.09 bits per heavy atom. The molecule has 1 amide bonds. The molecule has 3 fully saturated rings. The fourth-order valence-electron chi connectivity index (χ4n) is 3.66. The van der Waals surface area contributed by atoms with Gasteiger partial charge in [0.2, 0.25) is 0 Å². The van der Waals surface area contributed by atoms with Crippen LogP contribution < -0.4 is 10.1 Å². The third-order valence-corrected chi connectivity index (χ3v) is 5.17. The van der Waals surface area contributed by atoms with Crippen molar-refractivity contribution in [3.8, 4) is 5.75 Å². The second kappa shape index (κ2) is 7.10. The number of fused-ring (bicyclic) bond motifs is 2. The smallest absolute Gasteiger partial charge is 0.254 e. The van der Waals surface area contributed by atoms with Crippen LogP contribution in [0.25, 0.3) is 0 Å². The molecule has 1 N–H and O–H groups in total. The number of rotatable bonds is 4. The largest absolute Gasteiger partial charge is 0.493 e. The summed E-state index contributed by atoms with van der Waals surface area (Å²) < 4.78 is 5.75. The van der Waals surface area contributed by atoms with Gasteiger partial charge in [0.05, 0.1) is 6.61 Å². The van der Waals surface area contributed by atoms with Crippen LogP contribution >= 0.6 is 12.4 Å². The Morgan fingerprint density at radius 2 is 1.83 bits per heavy atom. The van der Waals surface area contributed by atoms with Crippen molar-refractivity contribution < 1.29 is 9.53 Å². The molecule has 4 rings (SSSR count). The van der Waals surface area contributed by atoms with E-state index in [2.05, 4.69) is 10.2 Å². The molecule has 1 aromatic rings. The van der Waals surface area contributed by atoms with Crippen molar-refractivity contribution in [3.63, 3.8) is 0 Å². The van der Waals surface area contributed by atoms with Crippen molar-refractivity contribution in [2.45, 2.75) is 44.2 Å². The summed E-state index contributed by atoms with van der Waals surface area (Å²) in [5.41, 5.74) is 0.789. The zero-order valence-electron chi connectivity index (χ0n) is 13.4. The van der Waals surface area contributed by atoms with Crippen molar-refractivity contribution in [3.05, 3.63) is 29.8 Å². The van der Waals surface area contributed by atoms with Gasteiger partial charge in [-0.05, 0) is 68.8 Å². The highest BCUT2D eigenvalue weighted by Gasteiger charge is 2.38. The number of hydrogen-bond acceptors (Lipinski definition) is 3. The van der Waals surface area contributed by atoms with Crippen LogP contribution in [0.15, 0.2) is 24.3 Å². The van der Waals surface area contributed by atoms with E-state index in [9.17, 15) is 4.79 Å². The molecule has 2 unspecified atom stereocenters. The Hall–Kier alpha value is -1.26. The molecule has 0 spiro atoms. The van der Waals surface area contributed by atoms with Gasteiger partial charge in [0, 0.05) is 24.2 Å².